The maximum absolute atomic E-state index is 3.42. The highest BCUT2D eigenvalue weighted by Crippen LogP contribution is 2.29. The maximum Gasteiger partial charge on any atom is 0.0384 e. The molecule has 0 unspecified atom stereocenters. The van der Waals surface area contributed by atoms with Crippen LogP contribution < -0.4 is 5.32 Å². The number of nitrogens with one attached hydrogen (secondary N) is 1. The summed E-state index contributed by atoms with van der Waals surface area (Å²) < 4.78 is 0. The van der Waals surface area contributed by atoms with Crippen LogP contribution in [0.3, 0.4) is 0 Å². The van der Waals surface area contributed by atoms with Crippen molar-refractivity contribution in [3.63, 3.8) is 0 Å². The fourth-order valence-electron chi connectivity index (χ4n) is 2.90. The Hall–Kier alpha value is -3.06. The first-order chi connectivity index (χ1) is 11.4. The average molecular weight is 295 g/mol. The van der Waals surface area contributed by atoms with Gasteiger partial charge in [0.1, 0.15) is 0 Å². The van der Waals surface area contributed by atoms with Crippen molar-refractivity contribution in [2.45, 2.75) is 0 Å². The van der Waals surface area contributed by atoms with E-state index in [1.807, 2.05) is 18.2 Å². The molecule has 23 heavy (non-hydrogen) atoms. The van der Waals surface area contributed by atoms with E-state index in [0.717, 1.165) is 11.4 Å². The highest BCUT2D eigenvalue weighted by atomic mass is 14.9. The average Bonchev–Trinajstić information content (AvgIpc) is 2.63. The second kappa shape index (κ2) is 5.98. The summed E-state index contributed by atoms with van der Waals surface area (Å²) in [6.45, 7) is 0. The Morgan fingerprint density at radius 2 is 1.13 bits per heavy atom. The second-order valence-electron chi connectivity index (χ2n) is 5.60. The number of rotatable bonds is 3. The molecule has 4 aromatic carbocycles. The second-order valence-corrected chi connectivity index (χ2v) is 5.60. The van der Waals surface area contributed by atoms with E-state index >= 15 is 0 Å². The molecule has 110 valence electrons. The van der Waals surface area contributed by atoms with Gasteiger partial charge in [-0.3, -0.25) is 0 Å². The summed E-state index contributed by atoms with van der Waals surface area (Å²) in [6, 6.07) is 33.8. The third kappa shape index (κ3) is 2.82. The molecule has 0 bridgehead atoms. The first kappa shape index (κ1) is 13.6. The predicted molar refractivity (Wildman–Crippen MR) is 99.1 cm³/mol. The largest absolute Gasteiger partial charge is 0.356 e. The Bertz CT molecular complexity index is 919. The molecular weight excluding hydrogens is 278 g/mol. The van der Waals surface area contributed by atoms with Crippen LogP contribution >= 0.6 is 0 Å². The lowest BCUT2D eigenvalue weighted by Crippen LogP contribution is -1.89. The third-order valence-corrected chi connectivity index (χ3v) is 4.05. The number of anilines is 2. The number of hydrogen-bond donors (Lipinski definition) is 1. The highest BCUT2D eigenvalue weighted by molar-refractivity contribution is 5.96. The van der Waals surface area contributed by atoms with Crippen LogP contribution in [0.5, 0.6) is 0 Å². The summed E-state index contributed by atoms with van der Waals surface area (Å²) in [5, 5.41) is 5.98. The monoisotopic (exact) mass is 295 g/mol. The number of benzene rings is 4. The third-order valence-electron chi connectivity index (χ3n) is 4.05. The van der Waals surface area contributed by atoms with Gasteiger partial charge < -0.3 is 5.32 Å². The van der Waals surface area contributed by atoms with Gasteiger partial charge in [0.25, 0.3) is 0 Å². The molecule has 0 saturated heterocycles. The molecule has 4 aromatic rings. The first-order valence-electron chi connectivity index (χ1n) is 7.80. The van der Waals surface area contributed by atoms with Crippen LogP contribution in [0.1, 0.15) is 0 Å². The molecule has 0 aliphatic heterocycles. The zero-order valence-electron chi connectivity index (χ0n) is 12.7. The fraction of sp³-hybridized carbons (Fsp3) is 0. The molecule has 0 amide bonds. The summed E-state index contributed by atoms with van der Waals surface area (Å²) in [7, 11) is 0. The van der Waals surface area contributed by atoms with E-state index in [-0.39, 0.29) is 0 Å². The molecule has 0 atom stereocenters. The molecule has 1 nitrogen and oxygen atoms in total. The van der Waals surface area contributed by atoms with Crippen molar-refractivity contribution in [2.75, 3.05) is 5.32 Å². The normalized spacial score (nSPS) is 10.6. The lowest BCUT2D eigenvalue weighted by molar-refractivity contribution is 1.55. The van der Waals surface area contributed by atoms with Crippen LogP contribution in [0, 0.1) is 0 Å². The minimum absolute atomic E-state index is 1.10. The van der Waals surface area contributed by atoms with Gasteiger partial charge in [0.15, 0.2) is 0 Å². The predicted octanol–water partition coefficient (Wildman–Crippen LogP) is 6.25. The van der Waals surface area contributed by atoms with Crippen LogP contribution in [0.25, 0.3) is 21.9 Å². The van der Waals surface area contributed by atoms with Gasteiger partial charge in [-0.25, -0.2) is 0 Å². The molecule has 0 aliphatic carbocycles. The van der Waals surface area contributed by atoms with E-state index in [1.165, 1.54) is 21.9 Å². The summed E-state index contributed by atoms with van der Waals surface area (Å²) in [5.74, 6) is 0. The molecule has 0 saturated carbocycles. The van der Waals surface area contributed by atoms with E-state index in [9.17, 15) is 0 Å². The molecule has 0 aromatic heterocycles. The van der Waals surface area contributed by atoms with Gasteiger partial charge in [-0.2, -0.15) is 0 Å². The summed E-state index contributed by atoms with van der Waals surface area (Å²) in [6.07, 6.45) is 0. The Labute approximate surface area is 136 Å². The standard InChI is InChI=1S/C22H17N/c1-2-9-19(10-3-1)23-20-15-13-18(14-16-20)22-12-6-8-17-7-4-5-11-21(17)22/h1-16,23H. The molecule has 0 fully saturated rings. The summed E-state index contributed by atoms with van der Waals surface area (Å²) in [4.78, 5) is 0. The van der Waals surface area contributed by atoms with Gasteiger partial charge in [0, 0.05) is 11.4 Å². The van der Waals surface area contributed by atoms with Crippen LogP contribution in [-0.4, -0.2) is 0 Å². The van der Waals surface area contributed by atoms with Gasteiger partial charge in [0.2, 0.25) is 0 Å². The van der Waals surface area contributed by atoms with Crippen molar-refractivity contribution in [3.05, 3.63) is 97.1 Å². The van der Waals surface area contributed by atoms with Crippen molar-refractivity contribution in [1.29, 1.82) is 0 Å². The quantitative estimate of drug-likeness (QED) is 0.471. The zero-order chi connectivity index (χ0) is 15.5. The molecule has 0 aliphatic rings. The molecular formula is C22H17N. The smallest absolute Gasteiger partial charge is 0.0384 e. The Morgan fingerprint density at radius 3 is 1.96 bits per heavy atom. The van der Waals surface area contributed by atoms with E-state index in [4.69, 9.17) is 0 Å². The van der Waals surface area contributed by atoms with Crippen molar-refractivity contribution in [3.8, 4) is 11.1 Å². The molecule has 0 heterocycles. The molecule has 1 N–H and O–H groups in total. The van der Waals surface area contributed by atoms with Crippen LogP contribution in [0.2, 0.25) is 0 Å². The van der Waals surface area contributed by atoms with E-state index < -0.39 is 0 Å². The summed E-state index contributed by atoms with van der Waals surface area (Å²) >= 11 is 0. The minimum Gasteiger partial charge on any atom is -0.356 e. The number of hydrogen-bond acceptors (Lipinski definition) is 1. The first-order valence-corrected chi connectivity index (χ1v) is 7.80. The lowest BCUT2D eigenvalue weighted by atomic mass is 9.98. The topological polar surface area (TPSA) is 12.0 Å². The zero-order valence-corrected chi connectivity index (χ0v) is 12.7. The number of fused-ring (bicyclic) bond motifs is 1. The van der Waals surface area contributed by atoms with Crippen molar-refractivity contribution in [2.24, 2.45) is 0 Å². The number of para-hydroxylation sites is 1. The van der Waals surface area contributed by atoms with Gasteiger partial charge >= 0.3 is 0 Å². The molecule has 4 rings (SSSR count). The SMILES string of the molecule is c1ccc(Nc2ccc(-c3cccc4ccccc34)cc2)cc1. The van der Waals surface area contributed by atoms with Gasteiger partial charge in [-0.15, -0.1) is 0 Å². The Morgan fingerprint density at radius 1 is 0.478 bits per heavy atom. The van der Waals surface area contributed by atoms with Gasteiger partial charge in [-0.05, 0) is 46.2 Å². The Kier molecular flexibility index (Phi) is 3.53. The van der Waals surface area contributed by atoms with Gasteiger partial charge in [-0.1, -0.05) is 72.8 Å². The molecule has 1 heteroatoms. The summed E-state index contributed by atoms with van der Waals surface area (Å²) in [5.41, 5.74) is 4.71. The van der Waals surface area contributed by atoms with Gasteiger partial charge in [0.05, 0.1) is 0 Å². The molecule has 0 radical (unpaired) electrons. The minimum atomic E-state index is 1.10. The fourth-order valence-corrected chi connectivity index (χ4v) is 2.90. The van der Waals surface area contributed by atoms with Crippen molar-refractivity contribution in [1.82, 2.24) is 0 Å². The maximum atomic E-state index is 3.42. The lowest BCUT2D eigenvalue weighted by Gasteiger charge is -2.09. The highest BCUT2D eigenvalue weighted by Gasteiger charge is 2.03. The van der Waals surface area contributed by atoms with Crippen LogP contribution in [-0.2, 0) is 0 Å². The molecule has 0 spiro atoms. The van der Waals surface area contributed by atoms with Crippen LogP contribution in [0.15, 0.2) is 97.1 Å². The van der Waals surface area contributed by atoms with E-state index in [1.54, 1.807) is 0 Å². The van der Waals surface area contributed by atoms with Crippen LogP contribution in [0.4, 0.5) is 11.4 Å². The van der Waals surface area contributed by atoms with E-state index in [2.05, 4.69) is 84.2 Å². The van der Waals surface area contributed by atoms with Crippen molar-refractivity contribution < 1.29 is 0 Å². The van der Waals surface area contributed by atoms with Crippen molar-refractivity contribution >= 4 is 22.1 Å². The Balaban J connectivity index is 1.68. The van der Waals surface area contributed by atoms with E-state index in [0.29, 0.717) is 0 Å².